The van der Waals surface area contributed by atoms with Gasteiger partial charge < -0.3 is 0 Å². The van der Waals surface area contributed by atoms with Crippen molar-refractivity contribution in [2.75, 3.05) is 24.4 Å². The summed E-state index contributed by atoms with van der Waals surface area (Å²) in [6.45, 7) is 8.02. The lowest BCUT2D eigenvalue weighted by atomic mass is 9.82. The lowest BCUT2D eigenvalue weighted by Crippen LogP contribution is -2.45. The minimum atomic E-state index is -3.90. The molecule has 6 nitrogen and oxygen atoms in total. The van der Waals surface area contributed by atoms with Gasteiger partial charge in [-0.3, -0.25) is 14.6 Å². The lowest BCUT2D eigenvalue weighted by molar-refractivity contribution is 0.128. The zero-order valence-electron chi connectivity index (χ0n) is 21.0. The number of halogens is 3. The van der Waals surface area contributed by atoms with Gasteiger partial charge in [0.25, 0.3) is 10.2 Å². The van der Waals surface area contributed by atoms with Gasteiger partial charge in [-0.2, -0.15) is 17.5 Å². The van der Waals surface area contributed by atoms with Gasteiger partial charge in [-0.25, -0.2) is 0 Å². The second-order valence-corrected chi connectivity index (χ2v) is 13.6. The van der Waals surface area contributed by atoms with Gasteiger partial charge in [0.15, 0.2) is 5.13 Å². The maximum absolute atomic E-state index is 13.6. The molecule has 1 unspecified atom stereocenters. The maximum atomic E-state index is 13.6. The molecule has 0 saturated carbocycles. The van der Waals surface area contributed by atoms with E-state index in [0.29, 0.717) is 18.0 Å². The summed E-state index contributed by atoms with van der Waals surface area (Å²) in [5, 5.41) is 0.421. The van der Waals surface area contributed by atoms with E-state index in [0.717, 1.165) is 46.9 Å². The van der Waals surface area contributed by atoms with Gasteiger partial charge in [0, 0.05) is 40.4 Å². The third kappa shape index (κ3) is 7.02. The number of likely N-dealkylation sites (tertiary alicyclic amines) is 1. The second-order valence-electron chi connectivity index (χ2n) is 10.2. The van der Waals surface area contributed by atoms with E-state index in [-0.39, 0.29) is 33.3 Å². The third-order valence-electron chi connectivity index (χ3n) is 7.19. The fourth-order valence-corrected chi connectivity index (χ4v) is 7.01. The van der Waals surface area contributed by atoms with Crippen LogP contribution in [-0.2, 0) is 22.2 Å². The Kier molecular flexibility index (Phi) is 8.52. The molecule has 1 aliphatic rings. The molecule has 37 heavy (non-hydrogen) atoms. The number of anilines is 1. The summed E-state index contributed by atoms with van der Waals surface area (Å²) in [6.07, 6.45) is 4.10. The topological polar surface area (TPSA) is 74.3 Å². The molecule has 4 rings (SSSR count). The SMILES string of the molecule is Cc1ccc(C(C)(C)N2CCC(CCc3ccc(F)s3)(CNS(=O)(=O)Nc3ccc(Cl)cc3Cl)C2)cn1. The molecular weight excluding hydrogens is 554 g/mol. The number of hydrogen-bond acceptors (Lipinski definition) is 5. The smallest absolute Gasteiger partial charge is 0.293 e. The number of nitrogens with one attached hydrogen (secondary N) is 2. The number of aromatic nitrogens is 1. The average molecular weight is 586 g/mol. The molecule has 0 amide bonds. The number of nitrogens with zero attached hydrogens (tertiary/aromatic N) is 2. The van der Waals surface area contributed by atoms with Crippen LogP contribution in [0.3, 0.4) is 0 Å². The van der Waals surface area contributed by atoms with Gasteiger partial charge in [0.05, 0.1) is 10.7 Å². The summed E-state index contributed by atoms with van der Waals surface area (Å²) >= 11 is 13.2. The predicted molar refractivity (Wildman–Crippen MR) is 150 cm³/mol. The molecule has 3 aromatic rings. The standard InChI is InChI=1S/C26H31Cl2FN4O2S2/c1-18-4-5-19(15-30-18)25(2,3)33-13-12-26(17-33,11-10-21-7-9-24(29)36-21)16-31-37(34,35)32-23-8-6-20(27)14-22(23)28/h4-9,14-15,31-32H,10-13,16-17H2,1-3H3. The molecule has 0 spiro atoms. The van der Waals surface area contributed by atoms with Crippen molar-refractivity contribution in [3.05, 3.63) is 80.0 Å². The van der Waals surface area contributed by atoms with Crippen molar-refractivity contribution >= 4 is 50.4 Å². The first-order valence-electron chi connectivity index (χ1n) is 12.0. The first-order valence-corrected chi connectivity index (χ1v) is 15.1. The largest absolute Gasteiger partial charge is 0.299 e. The molecule has 11 heteroatoms. The Bertz CT molecular complexity index is 1350. The maximum Gasteiger partial charge on any atom is 0.299 e. The van der Waals surface area contributed by atoms with Crippen LogP contribution in [0.25, 0.3) is 0 Å². The highest BCUT2D eigenvalue weighted by molar-refractivity contribution is 7.90. The molecule has 0 radical (unpaired) electrons. The average Bonchev–Trinajstić information content (AvgIpc) is 3.46. The highest BCUT2D eigenvalue weighted by Crippen LogP contribution is 2.41. The van der Waals surface area contributed by atoms with Gasteiger partial charge in [-0.05, 0) is 94.0 Å². The molecule has 1 saturated heterocycles. The Morgan fingerprint density at radius 2 is 1.97 bits per heavy atom. The van der Waals surface area contributed by atoms with Crippen LogP contribution in [0.1, 0.15) is 42.8 Å². The van der Waals surface area contributed by atoms with E-state index in [1.54, 1.807) is 12.1 Å². The minimum absolute atomic E-state index is 0.213. The van der Waals surface area contributed by atoms with Gasteiger partial charge in [-0.15, -0.1) is 11.3 Å². The van der Waals surface area contributed by atoms with Crippen molar-refractivity contribution in [2.45, 2.75) is 45.6 Å². The van der Waals surface area contributed by atoms with E-state index in [1.807, 2.05) is 19.2 Å². The number of aryl methyl sites for hydroxylation is 2. The Balaban J connectivity index is 1.52. The van der Waals surface area contributed by atoms with Crippen molar-refractivity contribution in [2.24, 2.45) is 5.41 Å². The summed E-state index contributed by atoms with van der Waals surface area (Å²) in [5.74, 6) is 0. The van der Waals surface area contributed by atoms with Crippen LogP contribution in [0.5, 0.6) is 0 Å². The molecule has 1 aromatic carbocycles. The van der Waals surface area contributed by atoms with E-state index in [1.165, 1.54) is 18.2 Å². The number of rotatable bonds is 10. The van der Waals surface area contributed by atoms with Crippen molar-refractivity contribution in [3.63, 3.8) is 0 Å². The quantitative estimate of drug-likeness (QED) is 0.289. The molecule has 0 bridgehead atoms. The van der Waals surface area contributed by atoms with Crippen molar-refractivity contribution in [1.82, 2.24) is 14.6 Å². The normalized spacial score (nSPS) is 18.9. The van der Waals surface area contributed by atoms with E-state index in [4.69, 9.17) is 23.2 Å². The summed E-state index contributed by atoms with van der Waals surface area (Å²) in [4.78, 5) is 7.80. The molecule has 200 valence electrons. The second kappa shape index (κ2) is 11.2. The highest BCUT2D eigenvalue weighted by Gasteiger charge is 2.44. The Morgan fingerprint density at radius 1 is 1.19 bits per heavy atom. The van der Waals surface area contributed by atoms with Crippen LogP contribution in [-0.4, -0.2) is 37.9 Å². The number of pyridine rings is 1. The van der Waals surface area contributed by atoms with Crippen LogP contribution >= 0.6 is 34.5 Å². The number of hydrogen-bond donors (Lipinski definition) is 2. The van der Waals surface area contributed by atoms with Crippen LogP contribution in [0, 0.1) is 17.5 Å². The highest BCUT2D eigenvalue weighted by atomic mass is 35.5. The Labute approximate surface area is 232 Å². The van der Waals surface area contributed by atoms with E-state index in [2.05, 4.69) is 39.2 Å². The van der Waals surface area contributed by atoms with E-state index < -0.39 is 10.2 Å². The monoisotopic (exact) mass is 584 g/mol. The molecule has 0 aliphatic carbocycles. The van der Waals surface area contributed by atoms with Gasteiger partial charge in [0.2, 0.25) is 0 Å². The summed E-state index contributed by atoms with van der Waals surface area (Å²) in [6, 6.07) is 12.0. The van der Waals surface area contributed by atoms with E-state index >= 15 is 0 Å². The first-order chi connectivity index (χ1) is 17.4. The number of benzene rings is 1. The summed E-state index contributed by atoms with van der Waals surface area (Å²) < 4.78 is 44.8. The predicted octanol–water partition coefficient (Wildman–Crippen LogP) is 6.40. The molecule has 2 aromatic heterocycles. The fourth-order valence-electron chi connectivity index (χ4n) is 4.74. The van der Waals surface area contributed by atoms with Crippen LogP contribution in [0.4, 0.5) is 10.1 Å². The molecular formula is C26H31Cl2FN4O2S2. The van der Waals surface area contributed by atoms with Crippen LogP contribution in [0.15, 0.2) is 48.7 Å². The molecule has 1 aliphatic heterocycles. The summed E-state index contributed by atoms with van der Waals surface area (Å²) in [7, 11) is -3.90. The zero-order valence-corrected chi connectivity index (χ0v) is 24.2. The fraction of sp³-hybridized carbons (Fsp3) is 0.423. The molecule has 1 atom stereocenters. The Hall–Kier alpha value is -1.75. The number of thiophene rings is 1. The van der Waals surface area contributed by atoms with Crippen molar-refractivity contribution in [1.29, 1.82) is 0 Å². The third-order valence-corrected chi connectivity index (χ3v) is 9.68. The first kappa shape index (κ1) is 28.3. The van der Waals surface area contributed by atoms with Gasteiger partial charge >= 0.3 is 0 Å². The van der Waals surface area contributed by atoms with Gasteiger partial charge in [-0.1, -0.05) is 29.3 Å². The summed E-state index contributed by atoms with van der Waals surface area (Å²) in [5.41, 5.74) is 1.69. The molecule has 2 N–H and O–H groups in total. The van der Waals surface area contributed by atoms with Crippen molar-refractivity contribution in [3.8, 4) is 0 Å². The minimum Gasteiger partial charge on any atom is -0.293 e. The Morgan fingerprint density at radius 3 is 2.62 bits per heavy atom. The zero-order chi connectivity index (χ0) is 26.8. The molecule has 1 fully saturated rings. The van der Waals surface area contributed by atoms with E-state index in [9.17, 15) is 12.8 Å². The lowest BCUT2D eigenvalue weighted by Gasteiger charge is -2.38. The molecule has 3 heterocycles. The van der Waals surface area contributed by atoms with Gasteiger partial charge in [0.1, 0.15) is 0 Å². The van der Waals surface area contributed by atoms with Crippen molar-refractivity contribution < 1.29 is 12.8 Å². The van der Waals surface area contributed by atoms with Crippen LogP contribution < -0.4 is 9.44 Å². The van der Waals surface area contributed by atoms with Crippen LogP contribution in [0.2, 0.25) is 10.0 Å².